The van der Waals surface area contributed by atoms with Crippen LogP contribution in [0.3, 0.4) is 0 Å². The van der Waals surface area contributed by atoms with Gasteiger partial charge < -0.3 is 5.84 Å². The molecule has 0 spiro atoms. The van der Waals surface area contributed by atoms with Crippen LogP contribution < -0.4 is 5.84 Å². The molecule has 0 unspecified atom stereocenters. The van der Waals surface area contributed by atoms with Crippen LogP contribution in [-0.4, -0.2) is 20.4 Å². The first-order valence-corrected chi connectivity index (χ1v) is 5.53. The van der Waals surface area contributed by atoms with E-state index in [-0.39, 0.29) is 10.7 Å². The second-order valence-electron chi connectivity index (χ2n) is 3.41. The Kier molecular flexibility index (Phi) is 2.99. The molecule has 0 bridgehead atoms. The van der Waals surface area contributed by atoms with Crippen molar-refractivity contribution in [3.05, 3.63) is 34.1 Å². The van der Waals surface area contributed by atoms with Gasteiger partial charge in [-0.3, -0.25) is 4.79 Å². The molecule has 0 radical (unpaired) electrons. The van der Waals surface area contributed by atoms with Crippen LogP contribution in [0.5, 0.6) is 0 Å². The minimum absolute atomic E-state index is 0.155. The fraction of sp³-hybridized carbons (Fsp3) is 0.100. The number of nitrogens with zero attached hydrogens (tertiary/aromatic N) is 3. The molecule has 1 aromatic carbocycles. The monoisotopic (exact) mass is 268 g/mol. The Hall–Kier alpha value is -1.66. The summed E-state index contributed by atoms with van der Waals surface area (Å²) in [5.41, 5.74) is 0.739. The molecular weight excluding hydrogens is 260 g/mol. The van der Waals surface area contributed by atoms with Crippen LogP contribution in [-0.2, 0) is 0 Å². The Morgan fingerprint density at radius 3 is 2.47 bits per heavy atom. The predicted octanol–water partition coefficient (Wildman–Crippen LogP) is 2.11. The molecule has 0 aliphatic carbocycles. The Balaban J connectivity index is 2.61. The number of hydrogen-bond acceptors (Lipinski definition) is 4. The van der Waals surface area contributed by atoms with Crippen molar-refractivity contribution in [1.82, 2.24) is 14.5 Å². The molecule has 2 rings (SSSR count). The van der Waals surface area contributed by atoms with Crippen molar-refractivity contribution in [3.8, 4) is 11.4 Å². The van der Waals surface area contributed by atoms with Crippen molar-refractivity contribution >= 4 is 29.7 Å². The average Bonchev–Trinajstić information content (AvgIpc) is 2.58. The fourth-order valence-electron chi connectivity index (χ4n) is 1.38. The normalized spacial score (nSPS) is 10.5. The first-order valence-electron chi connectivity index (χ1n) is 4.74. The standard InChI is InChI=1S/C10H9ClN4OS/c1-6(16)15-10(17)14(12)9(13-15)7-2-4-8(11)5-3-7/h2-5H,12H2,1H3. The number of nitrogens with two attached hydrogens (primary N) is 1. The summed E-state index contributed by atoms with van der Waals surface area (Å²) in [6, 6.07) is 6.94. The number of carbonyl (C=O) groups excluding carboxylic acids is 1. The highest BCUT2D eigenvalue weighted by atomic mass is 35.5. The van der Waals surface area contributed by atoms with Crippen LogP contribution in [0.25, 0.3) is 11.4 Å². The van der Waals surface area contributed by atoms with Gasteiger partial charge in [-0.15, -0.1) is 5.10 Å². The van der Waals surface area contributed by atoms with Gasteiger partial charge in [-0.05, 0) is 36.5 Å². The van der Waals surface area contributed by atoms with Crippen molar-refractivity contribution in [1.29, 1.82) is 0 Å². The molecule has 2 N–H and O–H groups in total. The van der Waals surface area contributed by atoms with Gasteiger partial charge in [0.25, 0.3) is 0 Å². The molecular formula is C10H9ClN4OS. The van der Waals surface area contributed by atoms with Crippen LogP contribution in [0.4, 0.5) is 0 Å². The van der Waals surface area contributed by atoms with E-state index in [1.165, 1.54) is 11.6 Å². The van der Waals surface area contributed by atoms with Gasteiger partial charge in [0, 0.05) is 17.5 Å². The topological polar surface area (TPSA) is 65.8 Å². The van der Waals surface area contributed by atoms with E-state index >= 15 is 0 Å². The third kappa shape index (κ3) is 2.09. The predicted molar refractivity (Wildman–Crippen MR) is 67.9 cm³/mol. The highest BCUT2D eigenvalue weighted by Gasteiger charge is 2.12. The van der Waals surface area contributed by atoms with E-state index in [1.807, 2.05) is 0 Å². The lowest BCUT2D eigenvalue weighted by Gasteiger charge is -1.99. The van der Waals surface area contributed by atoms with E-state index in [2.05, 4.69) is 5.10 Å². The third-order valence-corrected chi connectivity index (χ3v) is 2.83. The molecule has 0 aliphatic heterocycles. The third-order valence-electron chi connectivity index (χ3n) is 2.21. The average molecular weight is 269 g/mol. The van der Waals surface area contributed by atoms with Gasteiger partial charge in [-0.25, -0.2) is 4.68 Å². The summed E-state index contributed by atoms with van der Waals surface area (Å²) in [6.45, 7) is 1.37. The summed E-state index contributed by atoms with van der Waals surface area (Å²) in [5.74, 6) is 5.89. The minimum atomic E-state index is -0.283. The Bertz CT molecular complexity index is 629. The molecule has 0 fully saturated rings. The van der Waals surface area contributed by atoms with E-state index in [9.17, 15) is 4.79 Å². The summed E-state index contributed by atoms with van der Waals surface area (Å²) in [7, 11) is 0. The maximum Gasteiger partial charge on any atom is 0.246 e. The zero-order valence-electron chi connectivity index (χ0n) is 8.92. The van der Waals surface area contributed by atoms with Crippen molar-refractivity contribution in [2.24, 2.45) is 0 Å². The molecule has 17 heavy (non-hydrogen) atoms. The van der Waals surface area contributed by atoms with Gasteiger partial charge in [-0.1, -0.05) is 11.6 Å². The van der Waals surface area contributed by atoms with E-state index in [1.54, 1.807) is 24.3 Å². The van der Waals surface area contributed by atoms with Crippen LogP contribution in [0, 0.1) is 4.77 Å². The van der Waals surface area contributed by atoms with E-state index in [0.29, 0.717) is 10.8 Å². The van der Waals surface area contributed by atoms with Crippen molar-refractivity contribution < 1.29 is 4.79 Å². The lowest BCUT2D eigenvalue weighted by molar-refractivity contribution is 0.0919. The van der Waals surface area contributed by atoms with Crippen molar-refractivity contribution in [3.63, 3.8) is 0 Å². The lowest BCUT2D eigenvalue weighted by atomic mass is 10.2. The van der Waals surface area contributed by atoms with Crippen LogP contribution in [0.1, 0.15) is 11.7 Å². The smallest absolute Gasteiger partial charge is 0.246 e. The summed E-state index contributed by atoms with van der Waals surface area (Å²) in [5, 5.41) is 4.68. The number of benzene rings is 1. The van der Waals surface area contributed by atoms with Gasteiger partial charge in [-0.2, -0.15) is 4.68 Å². The SMILES string of the molecule is CC(=O)n1nc(-c2ccc(Cl)cc2)n(N)c1=S. The zero-order chi connectivity index (χ0) is 12.6. The highest BCUT2D eigenvalue weighted by molar-refractivity contribution is 7.71. The van der Waals surface area contributed by atoms with E-state index in [0.717, 1.165) is 10.2 Å². The summed E-state index contributed by atoms with van der Waals surface area (Å²) in [4.78, 5) is 11.3. The minimum Gasteiger partial charge on any atom is -0.335 e. The lowest BCUT2D eigenvalue weighted by Crippen LogP contribution is -2.12. The summed E-state index contributed by atoms with van der Waals surface area (Å²) in [6.07, 6.45) is 0. The second-order valence-corrected chi connectivity index (χ2v) is 4.22. The molecule has 1 heterocycles. The molecule has 0 aliphatic rings. The number of carbonyl (C=O) groups is 1. The Morgan fingerprint density at radius 1 is 1.41 bits per heavy atom. The molecule has 2 aromatic rings. The molecule has 1 aromatic heterocycles. The van der Waals surface area contributed by atoms with Crippen molar-refractivity contribution in [2.75, 3.05) is 5.84 Å². The molecule has 0 saturated heterocycles. The molecule has 88 valence electrons. The molecule has 0 atom stereocenters. The Labute approximate surface area is 107 Å². The highest BCUT2D eigenvalue weighted by Crippen LogP contribution is 2.19. The fourth-order valence-corrected chi connectivity index (χ4v) is 1.76. The van der Waals surface area contributed by atoms with Gasteiger partial charge >= 0.3 is 0 Å². The van der Waals surface area contributed by atoms with Crippen molar-refractivity contribution in [2.45, 2.75) is 6.92 Å². The van der Waals surface area contributed by atoms with Gasteiger partial charge in [0.05, 0.1) is 0 Å². The summed E-state index contributed by atoms with van der Waals surface area (Å²) >= 11 is 10.8. The van der Waals surface area contributed by atoms with Crippen LogP contribution in [0.15, 0.2) is 24.3 Å². The first kappa shape index (κ1) is 11.8. The number of halogens is 1. The van der Waals surface area contributed by atoms with Crippen LogP contribution >= 0.6 is 23.8 Å². The number of hydrogen-bond donors (Lipinski definition) is 1. The number of nitrogen functional groups attached to an aromatic ring is 1. The quantitative estimate of drug-likeness (QED) is 0.635. The van der Waals surface area contributed by atoms with Gasteiger partial charge in [0.15, 0.2) is 5.82 Å². The molecule has 5 nitrogen and oxygen atoms in total. The first-order chi connectivity index (χ1) is 8.00. The maximum absolute atomic E-state index is 11.3. The summed E-state index contributed by atoms with van der Waals surface area (Å²) < 4.78 is 2.43. The van der Waals surface area contributed by atoms with Crippen LogP contribution in [0.2, 0.25) is 5.02 Å². The van der Waals surface area contributed by atoms with E-state index in [4.69, 9.17) is 29.7 Å². The second kappa shape index (κ2) is 4.31. The Morgan fingerprint density at radius 2 is 2.00 bits per heavy atom. The largest absolute Gasteiger partial charge is 0.335 e. The van der Waals surface area contributed by atoms with Gasteiger partial charge in [0.2, 0.25) is 10.7 Å². The molecule has 0 saturated carbocycles. The molecule has 0 amide bonds. The zero-order valence-corrected chi connectivity index (χ0v) is 10.5. The molecule has 7 heteroatoms. The van der Waals surface area contributed by atoms with E-state index < -0.39 is 0 Å². The maximum atomic E-state index is 11.3. The number of aromatic nitrogens is 3. The van der Waals surface area contributed by atoms with Gasteiger partial charge in [0.1, 0.15) is 0 Å². The number of rotatable bonds is 1.